The molecule has 1 unspecified atom stereocenters. The van der Waals surface area contributed by atoms with E-state index in [0.29, 0.717) is 26.0 Å². The predicted molar refractivity (Wildman–Crippen MR) is 69.0 cm³/mol. The van der Waals surface area contributed by atoms with E-state index in [1.54, 1.807) is 0 Å². The van der Waals surface area contributed by atoms with Gasteiger partial charge in [-0.25, -0.2) is 4.79 Å². The molecule has 102 valence electrons. The van der Waals surface area contributed by atoms with E-state index in [0.717, 1.165) is 11.3 Å². The van der Waals surface area contributed by atoms with E-state index in [2.05, 4.69) is 0 Å². The van der Waals surface area contributed by atoms with Gasteiger partial charge in [0, 0.05) is 6.42 Å². The fourth-order valence-electron chi connectivity index (χ4n) is 2.17. The molecular weight excluding hydrogens is 246 g/mol. The van der Waals surface area contributed by atoms with E-state index in [-0.39, 0.29) is 5.91 Å². The van der Waals surface area contributed by atoms with Crippen LogP contribution < -0.4 is 4.74 Å². The second kappa shape index (κ2) is 5.73. The molecule has 0 aliphatic carbocycles. The summed E-state index contributed by atoms with van der Waals surface area (Å²) >= 11 is 0. The van der Waals surface area contributed by atoms with E-state index < -0.39 is 12.0 Å². The third-order valence-corrected chi connectivity index (χ3v) is 3.24. The van der Waals surface area contributed by atoms with Gasteiger partial charge in [0.2, 0.25) is 5.91 Å². The number of aliphatic carboxylic acids is 1. The van der Waals surface area contributed by atoms with E-state index >= 15 is 0 Å². The second-order valence-corrected chi connectivity index (χ2v) is 4.64. The monoisotopic (exact) mass is 263 g/mol. The summed E-state index contributed by atoms with van der Waals surface area (Å²) in [6, 6.07) is 6.90. The highest BCUT2D eigenvalue weighted by Gasteiger charge is 2.35. The van der Waals surface area contributed by atoms with Crippen molar-refractivity contribution in [2.45, 2.75) is 25.8 Å². The Bertz CT molecular complexity index is 469. The molecule has 1 aliphatic heterocycles. The molecular formula is C14H17NO4. The average molecular weight is 263 g/mol. The number of aryl methyl sites for hydroxylation is 1. The lowest BCUT2D eigenvalue weighted by atomic mass is 10.2. The molecule has 1 aliphatic rings. The van der Waals surface area contributed by atoms with Gasteiger partial charge in [0.25, 0.3) is 0 Å². The highest BCUT2D eigenvalue weighted by molar-refractivity contribution is 5.87. The van der Waals surface area contributed by atoms with Crippen LogP contribution in [0.5, 0.6) is 5.75 Å². The van der Waals surface area contributed by atoms with Gasteiger partial charge in [-0.15, -0.1) is 0 Å². The molecule has 1 heterocycles. The molecule has 1 aromatic carbocycles. The van der Waals surface area contributed by atoms with Gasteiger partial charge in [-0.3, -0.25) is 4.79 Å². The SMILES string of the molecule is Cc1ccc(OCCN2C(=O)CCC2C(=O)O)cc1. The molecule has 2 rings (SSSR count). The zero-order chi connectivity index (χ0) is 13.8. The smallest absolute Gasteiger partial charge is 0.326 e. The summed E-state index contributed by atoms with van der Waals surface area (Å²) in [5.74, 6) is -0.329. The number of amides is 1. The Hall–Kier alpha value is -2.04. The number of ether oxygens (including phenoxy) is 1. The number of benzene rings is 1. The molecule has 1 fully saturated rings. The van der Waals surface area contributed by atoms with Crippen molar-refractivity contribution in [3.63, 3.8) is 0 Å². The summed E-state index contributed by atoms with van der Waals surface area (Å²) in [5, 5.41) is 9.01. The van der Waals surface area contributed by atoms with E-state index in [4.69, 9.17) is 9.84 Å². The summed E-state index contributed by atoms with van der Waals surface area (Å²) in [5.41, 5.74) is 1.15. The number of carboxylic acid groups (broad SMARTS) is 1. The zero-order valence-electron chi connectivity index (χ0n) is 10.8. The van der Waals surface area contributed by atoms with Gasteiger partial charge in [0.15, 0.2) is 0 Å². The number of likely N-dealkylation sites (tertiary alicyclic amines) is 1. The molecule has 5 heteroatoms. The third kappa shape index (κ3) is 3.24. The second-order valence-electron chi connectivity index (χ2n) is 4.64. The lowest BCUT2D eigenvalue weighted by Crippen LogP contribution is -2.40. The van der Waals surface area contributed by atoms with Gasteiger partial charge >= 0.3 is 5.97 Å². The normalized spacial score (nSPS) is 18.7. The maximum Gasteiger partial charge on any atom is 0.326 e. The van der Waals surface area contributed by atoms with Crippen LogP contribution in [-0.2, 0) is 9.59 Å². The van der Waals surface area contributed by atoms with Crippen LogP contribution in [0.4, 0.5) is 0 Å². The molecule has 0 saturated carbocycles. The molecule has 1 aromatic rings. The van der Waals surface area contributed by atoms with Crippen LogP contribution in [0, 0.1) is 6.92 Å². The quantitative estimate of drug-likeness (QED) is 0.873. The van der Waals surface area contributed by atoms with Crippen LogP contribution >= 0.6 is 0 Å². The standard InChI is InChI=1S/C14H17NO4/c1-10-2-4-11(5-3-10)19-9-8-15-12(14(17)18)6-7-13(15)16/h2-5,12H,6-9H2,1H3,(H,17,18). The van der Waals surface area contributed by atoms with E-state index in [9.17, 15) is 9.59 Å². The first kappa shape index (κ1) is 13.4. The van der Waals surface area contributed by atoms with Crippen molar-refractivity contribution in [3.8, 4) is 5.75 Å². The molecule has 0 bridgehead atoms. The van der Waals surface area contributed by atoms with Crippen LogP contribution in [0.25, 0.3) is 0 Å². The van der Waals surface area contributed by atoms with Crippen molar-refractivity contribution in [1.29, 1.82) is 0 Å². The fraction of sp³-hybridized carbons (Fsp3) is 0.429. The molecule has 1 N–H and O–H groups in total. The first-order valence-electron chi connectivity index (χ1n) is 6.29. The highest BCUT2D eigenvalue weighted by Crippen LogP contribution is 2.19. The Morgan fingerprint density at radius 1 is 1.42 bits per heavy atom. The molecule has 0 radical (unpaired) electrons. The van der Waals surface area contributed by atoms with Crippen molar-refractivity contribution < 1.29 is 19.4 Å². The summed E-state index contributed by atoms with van der Waals surface area (Å²) in [6.45, 7) is 2.60. The highest BCUT2D eigenvalue weighted by atomic mass is 16.5. The van der Waals surface area contributed by atoms with Gasteiger partial charge in [0.05, 0.1) is 6.54 Å². The van der Waals surface area contributed by atoms with Gasteiger partial charge in [-0.05, 0) is 25.5 Å². The maximum absolute atomic E-state index is 11.6. The summed E-state index contributed by atoms with van der Waals surface area (Å²) in [4.78, 5) is 24.0. The molecule has 1 atom stereocenters. The first-order valence-corrected chi connectivity index (χ1v) is 6.29. The lowest BCUT2D eigenvalue weighted by molar-refractivity contribution is -0.146. The number of hydrogen-bond donors (Lipinski definition) is 1. The minimum atomic E-state index is -0.943. The zero-order valence-corrected chi connectivity index (χ0v) is 10.8. The topological polar surface area (TPSA) is 66.8 Å². The molecule has 1 amide bonds. The average Bonchev–Trinajstić information content (AvgIpc) is 2.74. The minimum Gasteiger partial charge on any atom is -0.492 e. The molecule has 19 heavy (non-hydrogen) atoms. The Labute approximate surface area is 111 Å². The third-order valence-electron chi connectivity index (χ3n) is 3.24. The maximum atomic E-state index is 11.6. The van der Waals surface area contributed by atoms with Crippen LogP contribution in [0.15, 0.2) is 24.3 Å². The Morgan fingerprint density at radius 3 is 2.74 bits per heavy atom. The fourth-order valence-corrected chi connectivity index (χ4v) is 2.17. The number of rotatable bonds is 5. The molecule has 0 spiro atoms. The van der Waals surface area contributed by atoms with Crippen molar-refractivity contribution in [2.75, 3.05) is 13.2 Å². The van der Waals surface area contributed by atoms with Gasteiger partial charge in [-0.1, -0.05) is 17.7 Å². The lowest BCUT2D eigenvalue weighted by Gasteiger charge is -2.21. The van der Waals surface area contributed by atoms with Crippen molar-refractivity contribution in [3.05, 3.63) is 29.8 Å². The predicted octanol–water partition coefficient (Wildman–Crippen LogP) is 1.45. The number of carbonyl (C=O) groups excluding carboxylic acids is 1. The molecule has 1 saturated heterocycles. The number of carbonyl (C=O) groups is 2. The van der Waals surface area contributed by atoms with E-state index in [1.165, 1.54) is 4.90 Å². The number of nitrogens with zero attached hydrogens (tertiary/aromatic N) is 1. The largest absolute Gasteiger partial charge is 0.492 e. The first-order chi connectivity index (χ1) is 9.08. The minimum absolute atomic E-state index is 0.111. The Balaban J connectivity index is 1.86. The summed E-state index contributed by atoms with van der Waals surface area (Å²) in [7, 11) is 0. The van der Waals surface area contributed by atoms with Crippen LogP contribution in [0.3, 0.4) is 0 Å². The molecule has 0 aromatic heterocycles. The Morgan fingerprint density at radius 2 is 2.11 bits per heavy atom. The van der Waals surface area contributed by atoms with E-state index in [1.807, 2.05) is 31.2 Å². The Kier molecular flexibility index (Phi) is 4.04. The van der Waals surface area contributed by atoms with Crippen molar-refractivity contribution in [2.24, 2.45) is 0 Å². The number of carboxylic acids is 1. The van der Waals surface area contributed by atoms with Crippen LogP contribution in [0.2, 0.25) is 0 Å². The summed E-state index contributed by atoms with van der Waals surface area (Å²) < 4.78 is 5.51. The van der Waals surface area contributed by atoms with Crippen LogP contribution in [-0.4, -0.2) is 41.1 Å². The molecule has 5 nitrogen and oxygen atoms in total. The van der Waals surface area contributed by atoms with Crippen molar-refractivity contribution in [1.82, 2.24) is 4.90 Å². The van der Waals surface area contributed by atoms with Gasteiger partial charge in [0.1, 0.15) is 18.4 Å². The number of hydrogen-bond acceptors (Lipinski definition) is 3. The van der Waals surface area contributed by atoms with Crippen molar-refractivity contribution >= 4 is 11.9 Å². The van der Waals surface area contributed by atoms with Crippen LogP contribution in [0.1, 0.15) is 18.4 Å². The summed E-state index contributed by atoms with van der Waals surface area (Å²) in [6.07, 6.45) is 0.695. The van der Waals surface area contributed by atoms with Gasteiger partial charge in [-0.2, -0.15) is 0 Å². The van der Waals surface area contributed by atoms with Gasteiger partial charge < -0.3 is 14.7 Å².